The van der Waals surface area contributed by atoms with Crippen LogP contribution >= 0.6 is 31.9 Å². The minimum Gasteiger partial charge on any atom is -0.0848 e. The second kappa shape index (κ2) is 3.77. The average molecular weight is 276 g/mol. The Bertz CT molecular complexity index is 271. The maximum absolute atomic E-state index is 3.52. The highest BCUT2D eigenvalue weighted by Gasteiger charge is 2.01. The first kappa shape index (κ1) is 9.33. The second-order valence-corrected chi connectivity index (χ2v) is 4.26. The van der Waals surface area contributed by atoms with Crippen LogP contribution in [0.2, 0.25) is 6.82 Å². The fraction of sp³-hybridized carbons (Fsp3) is 0.250. The standard InChI is InChI=1S/C8H9BBr2/c1-5-3-8(11)6(9-2)4-7(5)10/h3-4,9H,1-2H3. The smallest absolute Gasteiger partial charge is 0.0848 e. The number of rotatable bonds is 1. The van der Waals surface area contributed by atoms with E-state index in [9.17, 15) is 0 Å². The topological polar surface area (TPSA) is 0 Å². The third kappa shape index (κ3) is 2.09. The van der Waals surface area contributed by atoms with Gasteiger partial charge < -0.3 is 0 Å². The Morgan fingerprint density at radius 2 is 1.82 bits per heavy atom. The fourth-order valence-electron chi connectivity index (χ4n) is 0.958. The third-order valence-corrected chi connectivity index (χ3v) is 3.30. The molecule has 1 aromatic carbocycles. The van der Waals surface area contributed by atoms with Crippen LogP contribution in [0.3, 0.4) is 0 Å². The lowest BCUT2D eigenvalue weighted by molar-refractivity contribution is 1.43. The molecule has 0 radical (unpaired) electrons. The van der Waals surface area contributed by atoms with Gasteiger partial charge >= 0.3 is 0 Å². The largest absolute Gasteiger partial charge is 0.156 e. The molecule has 0 saturated carbocycles. The van der Waals surface area contributed by atoms with Gasteiger partial charge in [-0.05, 0) is 18.6 Å². The number of benzene rings is 1. The summed E-state index contributed by atoms with van der Waals surface area (Å²) >= 11 is 7.02. The van der Waals surface area contributed by atoms with Crippen molar-refractivity contribution in [2.75, 3.05) is 0 Å². The normalized spacial score (nSPS) is 9.82. The van der Waals surface area contributed by atoms with Crippen molar-refractivity contribution >= 4 is 44.6 Å². The summed E-state index contributed by atoms with van der Waals surface area (Å²) in [6.07, 6.45) is 0. The van der Waals surface area contributed by atoms with Crippen LogP contribution in [-0.2, 0) is 0 Å². The SMILES string of the molecule is CBc1cc(Br)c(C)cc1Br. The molecule has 0 spiro atoms. The Balaban J connectivity index is 3.21. The second-order valence-electron chi connectivity index (χ2n) is 2.55. The van der Waals surface area contributed by atoms with Gasteiger partial charge in [-0.2, -0.15) is 0 Å². The van der Waals surface area contributed by atoms with Crippen LogP contribution < -0.4 is 5.46 Å². The summed E-state index contributed by atoms with van der Waals surface area (Å²) in [5, 5.41) is 0. The summed E-state index contributed by atoms with van der Waals surface area (Å²) in [4.78, 5) is 0. The van der Waals surface area contributed by atoms with Gasteiger partial charge in [-0.1, -0.05) is 50.2 Å². The average Bonchev–Trinajstić information content (AvgIpc) is 1.97. The Morgan fingerprint density at radius 1 is 1.18 bits per heavy atom. The Hall–Kier alpha value is 0.245. The zero-order chi connectivity index (χ0) is 8.43. The van der Waals surface area contributed by atoms with Gasteiger partial charge in [-0.15, -0.1) is 0 Å². The van der Waals surface area contributed by atoms with E-state index in [0.29, 0.717) is 0 Å². The molecule has 0 unspecified atom stereocenters. The maximum Gasteiger partial charge on any atom is 0.156 e. The van der Waals surface area contributed by atoms with E-state index in [4.69, 9.17) is 0 Å². The van der Waals surface area contributed by atoms with E-state index in [0.717, 1.165) is 7.28 Å². The molecule has 58 valence electrons. The summed E-state index contributed by atoms with van der Waals surface area (Å²) in [5.41, 5.74) is 2.62. The van der Waals surface area contributed by atoms with E-state index in [1.807, 2.05) is 0 Å². The van der Waals surface area contributed by atoms with Crippen LogP contribution in [0.15, 0.2) is 21.1 Å². The Kier molecular flexibility index (Phi) is 3.20. The Morgan fingerprint density at radius 3 is 2.36 bits per heavy atom. The summed E-state index contributed by atoms with van der Waals surface area (Å²) in [6, 6.07) is 4.31. The molecule has 0 aliphatic heterocycles. The molecule has 0 aliphatic carbocycles. The van der Waals surface area contributed by atoms with Crippen LogP contribution in [0.4, 0.5) is 0 Å². The van der Waals surface area contributed by atoms with Gasteiger partial charge in [0.2, 0.25) is 0 Å². The van der Waals surface area contributed by atoms with Gasteiger partial charge in [0.15, 0.2) is 7.28 Å². The highest BCUT2D eigenvalue weighted by molar-refractivity contribution is 9.11. The van der Waals surface area contributed by atoms with E-state index in [1.54, 1.807) is 0 Å². The molecule has 0 bridgehead atoms. The van der Waals surface area contributed by atoms with Crippen molar-refractivity contribution in [3.8, 4) is 0 Å². The summed E-state index contributed by atoms with van der Waals surface area (Å²) < 4.78 is 2.40. The molecule has 0 atom stereocenters. The molecule has 0 heterocycles. The molecule has 0 N–H and O–H groups in total. The lowest BCUT2D eigenvalue weighted by Gasteiger charge is -2.03. The lowest BCUT2D eigenvalue weighted by Crippen LogP contribution is -2.12. The fourth-order valence-corrected chi connectivity index (χ4v) is 2.09. The van der Waals surface area contributed by atoms with Crippen LogP contribution in [-0.4, -0.2) is 7.28 Å². The van der Waals surface area contributed by atoms with Gasteiger partial charge in [-0.25, -0.2) is 0 Å². The molecule has 0 aliphatic rings. The first-order chi connectivity index (χ1) is 5.15. The monoisotopic (exact) mass is 274 g/mol. The number of aryl methyl sites for hydroxylation is 1. The molecule has 0 amide bonds. The highest BCUT2D eigenvalue weighted by atomic mass is 79.9. The molecule has 1 rings (SSSR count). The third-order valence-electron chi connectivity index (χ3n) is 1.71. The molecule has 0 saturated heterocycles. The van der Waals surface area contributed by atoms with Crippen molar-refractivity contribution < 1.29 is 0 Å². The summed E-state index contributed by atoms with van der Waals surface area (Å²) in [7, 11) is 1.07. The summed E-state index contributed by atoms with van der Waals surface area (Å²) in [6.45, 7) is 4.25. The van der Waals surface area contributed by atoms with Crippen LogP contribution in [0.25, 0.3) is 0 Å². The van der Waals surface area contributed by atoms with Crippen LogP contribution in [0.5, 0.6) is 0 Å². The molecule has 0 fully saturated rings. The number of hydrogen-bond acceptors (Lipinski definition) is 0. The van der Waals surface area contributed by atoms with Crippen molar-refractivity contribution in [3.63, 3.8) is 0 Å². The predicted octanol–water partition coefficient (Wildman–Crippen LogP) is 2.63. The molecule has 3 heteroatoms. The van der Waals surface area contributed by atoms with Crippen molar-refractivity contribution in [2.24, 2.45) is 0 Å². The minimum atomic E-state index is 1.07. The number of hydrogen-bond donors (Lipinski definition) is 0. The van der Waals surface area contributed by atoms with Crippen molar-refractivity contribution in [1.82, 2.24) is 0 Å². The quantitative estimate of drug-likeness (QED) is 0.691. The van der Waals surface area contributed by atoms with Crippen LogP contribution in [0.1, 0.15) is 5.56 Å². The van der Waals surface area contributed by atoms with Crippen molar-refractivity contribution in [2.45, 2.75) is 13.7 Å². The zero-order valence-corrected chi connectivity index (χ0v) is 9.79. The van der Waals surface area contributed by atoms with Crippen LogP contribution in [0, 0.1) is 6.92 Å². The molecular formula is C8H9BBr2. The molecule has 0 nitrogen and oxygen atoms in total. The van der Waals surface area contributed by atoms with E-state index < -0.39 is 0 Å². The first-order valence-electron chi connectivity index (χ1n) is 3.59. The van der Waals surface area contributed by atoms with Crippen molar-refractivity contribution in [1.29, 1.82) is 0 Å². The van der Waals surface area contributed by atoms with E-state index in [-0.39, 0.29) is 0 Å². The van der Waals surface area contributed by atoms with Gasteiger partial charge in [0.1, 0.15) is 0 Å². The maximum atomic E-state index is 3.52. The van der Waals surface area contributed by atoms with E-state index >= 15 is 0 Å². The molecule has 0 aromatic heterocycles. The van der Waals surface area contributed by atoms with Gasteiger partial charge in [0.25, 0.3) is 0 Å². The molecule has 1 aromatic rings. The van der Waals surface area contributed by atoms with E-state index in [2.05, 4.69) is 57.7 Å². The zero-order valence-electron chi connectivity index (χ0n) is 6.62. The highest BCUT2D eigenvalue weighted by Crippen LogP contribution is 2.18. The van der Waals surface area contributed by atoms with Gasteiger partial charge in [0.05, 0.1) is 0 Å². The van der Waals surface area contributed by atoms with Gasteiger partial charge in [-0.3, -0.25) is 0 Å². The van der Waals surface area contributed by atoms with Crippen molar-refractivity contribution in [3.05, 3.63) is 26.6 Å². The molecule has 11 heavy (non-hydrogen) atoms. The van der Waals surface area contributed by atoms with Gasteiger partial charge in [0, 0.05) is 8.95 Å². The minimum absolute atomic E-state index is 1.07. The predicted molar refractivity (Wildman–Crippen MR) is 59.2 cm³/mol. The summed E-state index contributed by atoms with van der Waals surface area (Å²) in [5.74, 6) is 0. The lowest BCUT2D eigenvalue weighted by atomic mass is 9.73. The Labute approximate surface area is 84.9 Å². The van der Waals surface area contributed by atoms with E-state index in [1.165, 1.54) is 20.0 Å². The molecular weight excluding hydrogens is 267 g/mol. The number of halogens is 2. The first-order valence-corrected chi connectivity index (χ1v) is 5.18.